The summed E-state index contributed by atoms with van der Waals surface area (Å²) >= 11 is 0.979. The minimum absolute atomic E-state index is 0.0576. The molecule has 0 saturated carbocycles. The first-order chi connectivity index (χ1) is 18.9. The van der Waals surface area contributed by atoms with Crippen molar-refractivity contribution < 1.29 is 36.3 Å². The maximum absolute atomic E-state index is 13.5. The molecule has 1 aliphatic rings. The van der Waals surface area contributed by atoms with Gasteiger partial charge in [0.1, 0.15) is 16.2 Å². The minimum atomic E-state index is -4.26. The van der Waals surface area contributed by atoms with Gasteiger partial charge in [0.2, 0.25) is 0 Å². The Bertz CT molecular complexity index is 1370. The number of halogens is 5. The van der Waals surface area contributed by atoms with Gasteiger partial charge in [-0.15, -0.1) is 0 Å². The third kappa shape index (κ3) is 6.53. The van der Waals surface area contributed by atoms with Crippen molar-refractivity contribution in [2.75, 3.05) is 37.4 Å². The van der Waals surface area contributed by atoms with E-state index in [2.05, 4.69) is 25.0 Å². The van der Waals surface area contributed by atoms with Gasteiger partial charge in [-0.1, -0.05) is 0 Å². The van der Waals surface area contributed by atoms with Gasteiger partial charge in [0.05, 0.1) is 42.9 Å². The molecule has 214 valence electrons. The number of aromatic nitrogens is 3. The number of esters is 1. The number of hydrogen-bond donors (Lipinski definition) is 2. The number of nitrogens with one attached hydrogen (secondary N) is 2. The van der Waals surface area contributed by atoms with Crippen LogP contribution < -0.4 is 10.6 Å². The third-order valence-electron chi connectivity index (χ3n) is 6.65. The van der Waals surface area contributed by atoms with Crippen LogP contribution in [0.25, 0.3) is 0 Å². The van der Waals surface area contributed by atoms with Crippen molar-refractivity contribution in [1.29, 1.82) is 0 Å². The predicted octanol–water partition coefficient (Wildman–Crippen LogP) is 4.97. The van der Waals surface area contributed by atoms with E-state index in [1.54, 1.807) is 11.8 Å². The van der Waals surface area contributed by atoms with Gasteiger partial charge < -0.3 is 20.3 Å². The summed E-state index contributed by atoms with van der Waals surface area (Å²) in [6, 6.07) is 2.98. The number of aryl methyl sites for hydroxylation is 1. The Morgan fingerprint density at radius 2 is 1.85 bits per heavy atom. The van der Waals surface area contributed by atoms with Crippen LogP contribution in [0.15, 0.2) is 30.6 Å². The van der Waals surface area contributed by atoms with Gasteiger partial charge in [0.25, 0.3) is 5.91 Å². The quantitative estimate of drug-likeness (QED) is 0.282. The molecular formula is C25H25F5N6O3S. The van der Waals surface area contributed by atoms with E-state index in [9.17, 15) is 31.5 Å². The summed E-state index contributed by atoms with van der Waals surface area (Å²) in [4.78, 5) is 36.1. The van der Waals surface area contributed by atoms with Crippen molar-refractivity contribution in [3.8, 4) is 0 Å². The predicted molar refractivity (Wildman–Crippen MR) is 137 cm³/mol. The fourth-order valence-corrected chi connectivity index (χ4v) is 5.25. The van der Waals surface area contributed by atoms with Gasteiger partial charge in [0.15, 0.2) is 11.6 Å². The lowest BCUT2D eigenvalue weighted by Gasteiger charge is -2.39. The molecule has 4 rings (SSSR count). The van der Waals surface area contributed by atoms with Crippen molar-refractivity contribution >= 4 is 39.9 Å². The first-order valence-electron chi connectivity index (χ1n) is 12.1. The summed E-state index contributed by atoms with van der Waals surface area (Å²) < 4.78 is 73.8. The zero-order chi connectivity index (χ0) is 29.1. The highest BCUT2D eigenvalue weighted by molar-refractivity contribution is 7.10. The highest BCUT2D eigenvalue weighted by atomic mass is 32.1. The van der Waals surface area contributed by atoms with E-state index >= 15 is 0 Å². The lowest BCUT2D eigenvalue weighted by Crippen LogP contribution is -2.48. The van der Waals surface area contributed by atoms with E-state index < -0.39 is 41.5 Å². The molecule has 1 aromatic carbocycles. The maximum Gasteiger partial charge on any atom is 0.390 e. The Morgan fingerprint density at radius 1 is 1.12 bits per heavy atom. The van der Waals surface area contributed by atoms with E-state index in [0.717, 1.165) is 23.7 Å². The van der Waals surface area contributed by atoms with E-state index in [4.69, 9.17) is 4.74 Å². The topological polar surface area (TPSA) is 109 Å². The highest BCUT2D eigenvalue weighted by Crippen LogP contribution is 2.37. The molecule has 3 heterocycles. The fraction of sp³-hybridized carbons (Fsp3) is 0.400. The summed E-state index contributed by atoms with van der Waals surface area (Å²) in [6.45, 7) is 1.96. The van der Waals surface area contributed by atoms with Crippen LogP contribution in [0, 0.1) is 18.6 Å². The number of piperidine rings is 1. The number of methoxy groups -OCH3 is 1. The molecule has 40 heavy (non-hydrogen) atoms. The molecule has 0 bridgehead atoms. The van der Waals surface area contributed by atoms with Crippen LogP contribution in [0.3, 0.4) is 0 Å². The Kier molecular flexibility index (Phi) is 8.63. The van der Waals surface area contributed by atoms with Crippen LogP contribution >= 0.6 is 11.5 Å². The zero-order valence-corrected chi connectivity index (χ0v) is 22.3. The van der Waals surface area contributed by atoms with Crippen molar-refractivity contribution in [2.24, 2.45) is 0 Å². The van der Waals surface area contributed by atoms with E-state index in [1.807, 2.05) is 0 Å². The summed E-state index contributed by atoms with van der Waals surface area (Å²) in [5.74, 6) is -3.07. The average molecular weight is 585 g/mol. The van der Waals surface area contributed by atoms with Crippen LogP contribution in [0.5, 0.6) is 0 Å². The van der Waals surface area contributed by atoms with Crippen LogP contribution in [0.4, 0.5) is 38.5 Å². The van der Waals surface area contributed by atoms with E-state index in [-0.39, 0.29) is 49.5 Å². The second kappa shape index (κ2) is 11.8. The number of ether oxygens (including phenoxy) is 1. The van der Waals surface area contributed by atoms with Crippen molar-refractivity contribution in [3.05, 3.63) is 59.2 Å². The van der Waals surface area contributed by atoms with Gasteiger partial charge in [-0.3, -0.25) is 14.6 Å². The third-order valence-corrected chi connectivity index (χ3v) is 7.50. The molecule has 0 aliphatic carbocycles. The number of rotatable bonds is 8. The van der Waals surface area contributed by atoms with E-state index in [1.165, 1.54) is 25.6 Å². The molecule has 2 N–H and O–H groups in total. The maximum atomic E-state index is 13.5. The Balaban J connectivity index is 1.48. The normalized spacial score (nSPS) is 15.5. The zero-order valence-electron chi connectivity index (χ0n) is 21.4. The van der Waals surface area contributed by atoms with Crippen LogP contribution in [-0.4, -0.2) is 64.0 Å². The first-order valence-corrected chi connectivity index (χ1v) is 12.9. The molecule has 0 radical (unpaired) electrons. The molecule has 3 aromatic rings. The molecule has 2 aromatic heterocycles. The summed E-state index contributed by atoms with van der Waals surface area (Å²) in [5, 5.41) is 5.78. The standard InChI is InChI=1S/C25H25F5N6O3S/c1-14-20(21(37)33-15-3-4-16(26)17(27)11-15)22(40-35-14)34-19-13-31-18(12-32-19)24(23(38)39-2)5-8-36(9-6-24)10-7-25(28,29)30/h3-4,11-13H,5-10H2,1-2H3,(H,32,34)(H,33,37). The second-order valence-corrected chi connectivity index (χ2v) is 10.0. The number of anilines is 3. The number of amides is 1. The van der Waals surface area contributed by atoms with Crippen LogP contribution in [0.2, 0.25) is 0 Å². The Labute approximate surface area is 229 Å². The lowest BCUT2D eigenvalue weighted by atomic mass is 9.75. The summed E-state index contributed by atoms with van der Waals surface area (Å²) in [6.07, 6.45) is -2.03. The first kappa shape index (κ1) is 29.3. The van der Waals surface area contributed by atoms with Crippen molar-refractivity contribution in [3.63, 3.8) is 0 Å². The molecule has 0 spiro atoms. The number of hydrogen-bond acceptors (Lipinski definition) is 9. The molecule has 9 nitrogen and oxygen atoms in total. The Morgan fingerprint density at radius 3 is 2.45 bits per heavy atom. The largest absolute Gasteiger partial charge is 0.468 e. The summed E-state index contributed by atoms with van der Waals surface area (Å²) in [7, 11) is 1.24. The number of benzene rings is 1. The molecule has 15 heteroatoms. The molecule has 1 fully saturated rings. The molecule has 1 aliphatic heterocycles. The number of carbonyl (C=O) groups excluding carboxylic acids is 2. The Hall–Kier alpha value is -3.72. The SMILES string of the molecule is COC(=O)C1(c2cnc(Nc3snc(C)c3C(=O)Nc3ccc(F)c(F)c3)cn2)CCN(CCC(F)(F)F)CC1. The molecule has 0 atom stereocenters. The second-order valence-electron chi connectivity index (χ2n) is 9.25. The number of alkyl halides is 3. The van der Waals surface area contributed by atoms with Crippen LogP contribution in [0.1, 0.15) is 41.0 Å². The summed E-state index contributed by atoms with van der Waals surface area (Å²) in [5.41, 5.74) is -0.234. The molecule has 1 saturated heterocycles. The molecule has 0 unspecified atom stereocenters. The minimum Gasteiger partial charge on any atom is -0.468 e. The van der Waals surface area contributed by atoms with Gasteiger partial charge in [-0.25, -0.2) is 13.8 Å². The smallest absolute Gasteiger partial charge is 0.390 e. The van der Waals surface area contributed by atoms with Gasteiger partial charge in [-0.2, -0.15) is 17.5 Å². The van der Waals surface area contributed by atoms with Gasteiger partial charge in [0, 0.05) is 18.3 Å². The number of nitrogens with zero attached hydrogens (tertiary/aromatic N) is 4. The molecule has 1 amide bonds. The van der Waals surface area contributed by atoms with Gasteiger partial charge in [-0.05, 0) is 56.5 Å². The fourth-order valence-electron chi connectivity index (χ4n) is 4.45. The average Bonchev–Trinajstić information content (AvgIpc) is 3.29. The van der Waals surface area contributed by atoms with Crippen LogP contribution in [-0.2, 0) is 14.9 Å². The van der Waals surface area contributed by atoms with E-state index in [0.29, 0.717) is 16.4 Å². The molecular weight excluding hydrogens is 559 g/mol. The lowest BCUT2D eigenvalue weighted by molar-refractivity contribution is -0.151. The van der Waals surface area contributed by atoms with Crippen molar-refractivity contribution in [2.45, 2.75) is 37.8 Å². The van der Waals surface area contributed by atoms with Crippen molar-refractivity contribution in [1.82, 2.24) is 19.2 Å². The highest BCUT2D eigenvalue weighted by Gasteiger charge is 2.46. The number of carbonyl (C=O) groups is 2. The van der Waals surface area contributed by atoms with Gasteiger partial charge >= 0.3 is 12.1 Å². The number of likely N-dealkylation sites (tertiary alicyclic amines) is 1. The monoisotopic (exact) mass is 584 g/mol.